The lowest BCUT2D eigenvalue weighted by molar-refractivity contribution is -0.141. The fraction of sp³-hybridized carbons (Fsp3) is 0.583. The van der Waals surface area contributed by atoms with Crippen LogP contribution in [0.2, 0.25) is 5.02 Å². The molecule has 0 aliphatic rings. The van der Waals surface area contributed by atoms with E-state index in [9.17, 15) is 14.4 Å². The van der Waals surface area contributed by atoms with Gasteiger partial charge in [-0.15, -0.1) is 0 Å². The number of amides is 3. The third kappa shape index (κ3) is 11.8. The number of nitrogens with one attached hydrogen (secondary N) is 2. The second-order valence-corrected chi connectivity index (χ2v) is 13.7. The largest absolute Gasteiger partial charge is 0.444 e. The van der Waals surface area contributed by atoms with Gasteiger partial charge in [0.2, 0.25) is 5.91 Å². The number of para-hydroxylation sites is 1. The molecule has 8 heteroatoms. The van der Waals surface area contributed by atoms with Gasteiger partial charge in [0.05, 0.1) is 10.7 Å². The van der Waals surface area contributed by atoms with Crippen molar-refractivity contribution in [3.05, 3.63) is 63.7 Å². The second-order valence-electron chi connectivity index (χ2n) is 13.3. The molecule has 2 N–H and O–H groups in total. The van der Waals surface area contributed by atoms with E-state index in [1.165, 1.54) is 6.42 Å². The first kappa shape index (κ1) is 37.1. The third-order valence-electron chi connectivity index (χ3n) is 7.49. The van der Waals surface area contributed by atoms with Crippen LogP contribution >= 0.6 is 11.6 Å². The van der Waals surface area contributed by atoms with Crippen LogP contribution in [-0.4, -0.2) is 41.0 Å². The molecule has 0 fully saturated rings. The summed E-state index contributed by atoms with van der Waals surface area (Å²) in [5.41, 5.74) is 3.24. The highest BCUT2D eigenvalue weighted by atomic mass is 35.5. The summed E-state index contributed by atoms with van der Waals surface area (Å²) in [6.45, 7) is 17.7. The van der Waals surface area contributed by atoms with Gasteiger partial charge in [0.1, 0.15) is 17.7 Å². The van der Waals surface area contributed by atoms with E-state index in [0.29, 0.717) is 23.7 Å². The molecule has 0 spiro atoms. The summed E-state index contributed by atoms with van der Waals surface area (Å²) < 4.78 is 5.53. The van der Waals surface area contributed by atoms with Crippen LogP contribution in [0.5, 0.6) is 0 Å². The number of nitrogens with zero attached hydrogens (tertiary/aromatic N) is 1. The lowest BCUT2D eigenvalue weighted by atomic mass is 9.94. The summed E-state index contributed by atoms with van der Waals surface area (Å²) in [5.74, 6) is -0.557. The molecule has 244 valence electrons. The van der Waals surface area contributed by atoms with Gasteiger partial charge in [-0.25, -0.2) is 4.79 Å². The minimum absolute atomic E-state index is 0.105. The average molecular weight is 628 g/mol. The third-order valence-corrected chi connectivity index (χ3v) is 7.81. The molecule has 0 radical (unpaired) electrons. The standard InChI is InChI=1S/C36H54ClN3O4/c1-10-11-12-13-14-15-21-40(34(42)30(22-24(2)3)38-35(43)44-36(7,8)9)32(28-23-25(4)19-20-26(28)5)33(41)39-31-27(6)17-16-18-29(31)37/h16-20,23-24,30,32H,10-15,21-22H2,1-9H3,(H,38,43)(H,39,41). The first-order valence-corrected chi connectivity index (χ1v) is 16.5. The zero-order valence-corrected chi connectivity index (χ0v) is 29.1. The van der Waals surface area contributed by atoms with Crippen LogP contribution in [0.15, 0.2) is 36.4 Å². The summed E-state index contributed by atoms with van der Waals surface area (Å²) in [5, 5.41) is 6.32. The number of hydrogen-bond acceptors (Lipinski definition) is 4. The fourth-order valence-electron chi connectivity index (χ4n) is 5.26. The first-order valence-electron chi connectivity index (χ1n) is 16.1. The van der Waals surface area contributed by atoms with Crippen LogP contribution in [-0.2, 0) is 14.3 Å². The van der Waals surface area contributed by atoms with E-state index in [1.807, 2.05) is 65.0 Å². The summed E-state index contributed by atoms with van der Waals surface area (Å²) in [7, 11) is 0. The maximum absolute atomic E-state index is 14.6. The number of carbonyl (C=O) groups excluding carboxylic acids is 3. The zero-order chi connectivity index (χ0) is 33.0. The van der Waals surface area contributed by atoms with Crippen molar-refractivity contribution in [1.82, 2.24) is 10.2 Å². The predicted octanol–water partition coefficient (Wildman–Crippen LogP) is 9.07. The molecule has 2 atom stereocenters. The first-order chi connectivity index (χ1) is 20.6. The summed E-state index contributed by atoms with van der Waals surface area (Å²) in [6.07, 6.45) is 5.91. The van der Waals surface area contributed by atoms with Crippen LogP contribution in [0.1, 0.15) is 115 Å². The fourth-order valence-corrected chi connectivity index (χ4v) is 5.53. The number of anilines is 1. The molecule has 0 saturated carbocycles. The van der Waals surface area contributed by atoms with E-state index < -0.39 is 23.8 Å². The number of halogens is 1. The molecule has 7 nitrogen and oxygen atoms in total. The molecule has 2 aromatic carbocycles. The minimum Gasteiger partial charge on any atom is -0.444 e. The number of benzene rings is 2. The Labute approximate surface area is 270 Å². The Balaban J connectivity index is 2.62. The van der Waals surface area contributed by atoms with Crippen LogP contribution < -0.4 is 10.6 Å². The average Bonchev–Trinajstić information content (AvgIpc) is 2.91. The van der Waals surface area contributed by atoms with Crippen molar-refractivity contribution in [1.29, 1.82) is 0 Å². The summed E-state index contributed by atoms with van der Waals surface area (Å²) >= 11 is 6.53. The molecular weight excluding hydrogens is 574 g/mol. The van der Waals surface area contributed by atoms with Crippen molar-refractivity contribution in [2.75, 3.05) is 11.9 Å². The van der Waals surface area contributed by atoms with Gasteiger partial charge in [0, 0.05) is 6.54 Å². The van der Waals surface area contributed by atoms with Crippen molar-refractivity contribution in [3.63, 3.8) is 0 Å². The Morgan fingerprint density at radius 2 is 1.59 bits per heavy atom. The van der Waals surface area contributed by atoms with Gasteiger partial charge in [-0.2, -0.15) is 0 Å². The molecule has 3 amide bonds. The Kier molecular flexibility index (Phi) is 14.7. The molecule has 44 heavy (non-hydrogen) atoms. The van der Waals surface area contributed by atoms with Gasteiger partial charge in [-0.05, 0) is 83.1 Å². The van der Waals surface area contributed by atoms with Crippen LogP contribution in [0.3, 0.4) is 0 Å². The van der Waals surface area contributed by atoms with E-state index in [1.54, 1.807) is 31.7 Å². The minimum atomic E-state index is -0.941. The van der Waals surface area contributed by atoms with Gasteiger partial charge < -0.3 is 20.3 Å². The van der Waals surface area contributed by atoms with Crippen molar-refractivity contribution < 1.29 is 19.1 Å². The van der Waals surface area contributed by atoms with E-state index in [0.717, 1.165) is 54.4 Å². The van der Waals surface area contributed by atoms with Crippen molar-refractivity contribution in [2.45, 2.75) is 125 Å². The van der Waals surface area contributed by atoms with Crippen LogP contribution in [0.25, 0.3) is 0 Å². The van der Waals surface area contributed by atoms with Crippen LogP contribution in [0, 0.1) is 26.7 Å². The number of unbranched alkanes of at least 4 members (excludes halogenated alkanes) is 5. The lowest BCUT2D eigenvalue weighted by Gasteiger charge is -2.36. The molecule has 0 heterocycles. The number of carbonyl (C=O) groups is 3. The molecule has 0 aliphatic carbocycles. The Hall–Kier alpha value is -3.06. The second kappa shape index (κ2) is 17.4. The molecule has 0 aromatic heterocycles. The number of rotatable bonds is 15. The number of hydrogen-bond donors (Lipinski definition) is 2. The predicted molar refractivity (Wildman–Crippen MR) is 181 cm³/mol. The maximum Gasteiger partial charge on any atom is 0.408 e. The Bertz CT molecular complexity index is 1230. The lowest BCUT2D eigenvalue weighted by Crippen LogP contribution is -2.53. The smallest absolute Gasteiger partial charge is 0.408 e. The zero-order valence-electron chi connectivity index (χ0n) is 28.3. The van der Waals surface area contributed by atoms with Gasteiger partial charge in [-0.3, -0.25) is 9.59 Å². The molecule has 0 saturated heterocycles. The molecular formula is C36H54ClN3O4. The van der Waals surface area contributed by atoms with Crippen LogP contribution in [0.4, 0.5) is 10.5 Å². The van der Waals surface area contributed by atoms with Gasteiger partial charge in [0.25, 0.3) is 5.91 Å². The maximum atomic E-state index is 14.6. The monoisotopic (exact) mass is 627 g/mol. The highest BCUT2D eigenvalue weighted by Crippen LogP contribution is 2.32. The molecule has 2 rings (SSSR count). The van der Waals surface area contributed by atoms with Gasteiger partial charge >= 0.3 is 6.09 Å². The molecule has 0 bridgehead atoms. The number of alkyl carbamates (subject to hydrolysis) is 1. The normalized spacial score (nSPS) is 12.9. The highest BCUT2D eigenvalue weighted by Gasteiger charge is 2.37. The molecule has 0 aliphatic heterocycles. The van der Waals surface area contributed by atoms with Crippen molar-refractivity contribution >= 4 is 35.2 Å². The SMILES string of the molecule is CCCCCCCCN(C(=O)C(CC(C)C)NC(=O)OC(C)(C)C)C(C(=O)Nc1c(C)cccc1Cl)c1cc(C)ccc1C. The van der Waals surface area contributed by atoms with E-state index >= 15 is 0 Å². The Morgan fingerprint density at radius 3 is 2.20 bits per heavy atom. The summed E-state index contributed by atoms with van der Waals surface area (Å²) in [6, 6.07) is 9.59. The molecule has 2 aromatic rings. The number of ether oxygens (including phenoxy) is 1. The quantitative estimate of drug-likeness (QED) is 0.193. The highest BCUT2D eigenvalue weighted by molar-refractivity contribution is 6.34. The Morgan fingerprint density at radius 1 is 0.932 bits per heavy atom. The topological polar surface area (TPSA) is 87.7 Å². The number of aryl methyl sites for hydroxylation is 3. The van der Waals surface area contributed by atoms with Gasteiger partial charge in [-0.1, -0.05) is 100 Å². The van der Waals surface area contributed by atoms with E-state index in [-0.39, 0.29) is 17.7 Å². The summed E-state index contributed by atoms with van der Waals surface area (Å²) in [4.78, 5) is 43.6. The van der Waals surface area contributed by atoms with Gasteiger partial charge in [0.15, 0.2) is 0 Å². The van der Waals surface area contributed by atoms with E-state index in [2.05, 4.69) is 17.6 Å². The molecule has 2 unspecified atom stereocenters. The van der Waals surface area contributed by atoms with Crippen molar-refractivity contribution in [2.24, 2.45) is 5.92 Å². The van der Waals surface area contributed by atoms with Crippen molar-refractivity contribution in [3.8, 4) is 0 Å². The van der Waals surface area contributed by atoms with E-state index in [4.69, 9.17) is 16.3 Å².